The van der Waals surface area contributed by atoms with Gasteiger partial charge in [0.25, 0.3) is 0 Å². The quantitative estimate of drug-likeness (QED) is 0.167. The van der Waals surface area contributed by atoms with Crippen molar-refractivity contribution in [1.29, 1.82) is 0 Å². The Hall–Kier alpha value is -5.03. The first-order valence-electron chi connectivity index (χ1n) is 21.5. The molecule has 0 spiro atoms. The molecule has 0 bridgehead atoms. The topological polar surface area (TPSA) is 64.7 Å². The van der Waals surface area contributed by atoms with Crippen LogP contribution in [0.15, 0.2) is 108 Å². The van der Waals surface area contributed by atoms with E-state index in [-0.39, 0.29) is 53.8 Å². The molecule has 3 aromatic carbocycles. The van der Waals surface area contributed by atoms with Crippen molar-refractivity contribution < 1.29 is 45.1 Å². The second-order valence-corrected chi connectivity index (χ2v) is 10.4. The van der Waals surface area contributed by atoms with Crippen LogP contribution >= 0.6 is 0 Å². The minimum Gasteiger partial charge on any atom is -0.486 e. The second-order valence-electron chi connectivity index (χ2n) is 10.4. The summed E-state index contributed by atoms with van der Waals surface area (Å²) in [6.07, 6.45) is 4.11. The summed E-state index contributed by atoms with van der Waals surface area (Å²) in [7, 11) is 0. The Balaban J connectivity index is 0.000000258. The molecule has 0 aliphatic carbocycles. The van der Waals surface area contributed by atoms with E-state index in [0.29, 0.717) is 60.9 Å². The van der Waals surface area contributed by atoms with E-state index in [1.54, 1.807) is 48.5 Å². The van der Waals surface area contributed by atoms with Crippen molar-refractivity contribution in [3.8, 4) is 33.6 Å². The van der Waals surface area contributed by atoms with Crippen LogP contribution in [0.2, 0.25) is 0 Å². The third-order valence-electron chi connectivity index (χ3n) is 7.34. The van der Waals surface area contributed by atoms with E-state index < -0.39 is 34.3 Å². The molecule has 8 aromatic rings. The summed E-state index contributed by atoms with van der Waals surface area (Å²) >= 11 is 0. The smallest absolute Gasteiger partial charge is 0.216 e. The van der Waals surface area contributed by atoms with Crippen LogP contribution in [0.3, 0.4) is 0 Å². The zero-order chi connectivity index (χ0) is 44.3. The molecule has 0 amide bonds. The molecule has 0 saturated heterocycles. The van der Waals surface area contributed by atoms with Gasteiger partial charge in [-0.2, -0.15) is 0 Å². The maximum atomic E-state index is 8.17. The van der Waals surface area contributed by atoms with Crippen molar-refractivity contribution in [2.45, 2.75) is 34.3 Å². The maximum absolute atomic E-state index is 8.17. The summed E-state index contributed by atoms with van der Waals surface area (Å²) in [5.41, 5.74) is 4.14. The van der Waals surface area contributed by atoms with Crippen LogP contribution in [-0.2, 0) is 20.1 Å². The van der Waals surface area contributed by atoms with Gasteiger partial charge in [-0.05, 0) is 91.4 Å². The molecule has 5 nitrogen and oxygen atoms in total. The zero-order valence-corrected chi connectivity index (χ0v) is 26.7. The minimum atomic E-state index is -2.53. The second kappa shape index (κ2) is 13.4. The summed E-state index contributed by atoms with van der Waals surface area (Å²) < 4.78 is 121. The number of hydrogen-bond donors (Lipinski definition) is 0. The molecule has 47 heavy (non-hydrogen) atoms. The van der Waals surface area contributed by atoms with Crippen molar-refractivity contribution in [1.82, 2.24) is 19.9 Å². The van der Waals surface area contributed by atoms with Crippen molar-refractivity contribution >= 4 is 33.0 Å². The largest absolute Gasteiger partial charge is 0.486 e. The molecule has 5 heterocycles. The maximum Gasteiger partial charge on any atom is 0.216 e. The van der Waals surface area contributed by atoms with E-state index in [9.17, 15) is 0 Å². The summed E-state index contributed by atoms with van der Waals surface area (Å²) in [5.74, 6) is 0. The molecule has 0 aliphatic heterocycles. The first kappa shape index (κ1) is 18.3. The number of benzene rings is 3. The van der Waals surface area contributed by atoms with E-state index in [2.05, 4.69) is 32.1 Å². The van der Waals surface area contributed by atoms with Gasteiger partial charge in [0.1, 0.15) is 0 Å². The Bertz CT molecular complexity index is 2840. The number of nitrogens with zero attached hydrogens (tertiary/aromatic N) is 4. The average molecular weight is 804 g/mol. The van der Waals surface area contributed by atoms with Crippen molar-refractivity contribution in [3.63, 3.8) is 0 Å². The number of furan rings is 1. The van der Waals surface area contributed by atoms with E-state index in [1.165, 1.54) is 55.0 Å². The van der Waals surface area contributed by atoms with Crippen LogP contribution in [0, 0.1) is 46.4 Å². The Morgan fingerprint density at radius 3 is 2.32 bits per heavy atom. The summed E-state index contributed by atoms with van der Waals surface area (Å²) in [5, 5.41) is 1.76. The molecular weight excluding hydrogens is 757 g/mol. The number of aromatic nitrogens is 4. The summed E-state index contributed by atoms with van der Waals surface area (Å²) in [6.45, 7) is -11.6. The van der Waals surface area contributed by atoms with Crippen molar-refractivity contribution in [3.05, 3.63) is 144 Å². The zero-order valence-electron chi connectivity index (χ0n) is 39.3. The number of rotatable bonds is 3. The average Bonchev–Trinajstić information content (AvgIpc) is 3.57. The van der Waals surface area contributed by atoms with E-state index in [0.717, 1.165) is 0 Å². The van der Waals surface area contributed by atoms with Gasteiger partial charge in [0.15, 0.2) is 0 Å². The van der Waals surface area contributed by atoms with Crippen LogP contribution in [0.5, 0.6) is 0 Å². The Kier molecular flexibility index (Phi) is 5.22. The normalized spacial score (nSPS) is 17.0. The number of hydrogen-bond acceptors (Lipinski definition) is 5. The number of aryl methyl sites for hydroxylation is 5. The van der Waals surface area contributed by atoms with E-state index >= 15 is 0 Å². The van der Waals surface area contributed by atoms with Crippen molar-refractivity contribution in [2.75, 3.05) is 0 Å². The summed E-state index contributed by atoms with van der Waals surface area (Å²) in [4.78, 5) is 17.1. The van der Waals surface area contributed by atoms with E-state index in [1.807, 2.05) is 0 Å². The fourth-order valence-electron chi connectivity index (χ4n) is 5.15. The standard InChI is InChI=1S/C28H20N3O.C13H12N.Ir/c1-16-7-10-25-24(13-16)19(11-12-29-25)23-14-26(30-15-17(23)2)22-6-4-5-20-21-9-8-18(3)31-28(21)32-27(20)22;1-10-3-6-12(7-4-10)13-8-5-11(2)9-14-13;/h4-5,7-15H,1-3H3;3-6,8-9H,1-2H3;/q2*-1;/i1D3,2D3,3D3;1D3,2D3;. The third kappa shape index (κ3) is 6.48. The molecule has 0 atom stereocenters. The third-order valence-corrected chi connectivity index (χ3v) is 7.34. The molecule has 8 rings (SSSR count). The Morgan fingerprint density at radius 1 is 0.660 bits per heavy atom. The Labute approximate surface area is 309 Å². The van der Waals surface area contributed by atoms with Gasteiger partial charge in [0.2, 0.25) is 5.71 Å². The monoisotopic (exact) mass is 804 g/mol. The molecule has 233 valence electrons. The summed E-state index contributed by atoms with van der Waals surface area (Å²) in [6, 6.07) is 27.9. The van der Waals surface area contributed by atoms with Gasteiger partial charge in [-0.3, -0.25) is 4.98 Å². The molecule has 1 radical (unpaired) electrons. The van der Waals surface area contributed by atoms with E-state index in [4.69, 9.17) is 25.0 Å². The van der Waals surface area contributed by atoms with Gasteiger partial charge >= 0.3 is 0 Å². The molecule has 0 N–H and O–H groups in total. The molecule has 6 heteroatoms. The van der Waals surface area contributed by atoms with Gasteiger partial charge in [0.05, 0.1) is 11.1 Å². The van der Waals surface area contributed by atoms with Gasteiger partial charge in [-0.25, -0.2) is 4.98 Å². The van der Waals surface area contributed by atoms with Gasteiger partial charge in [-0.1, -0.05) is 47.6 Å². The predicted molar refractivity (Wildman–Crippen MR) is 187 cm³/mol. The van der Waals surface area contributed by atoms with Crippen LogP contribution in [-0.4, -0.2) is 19.9 Å². The van der Waals surface area contributed by atoms with Crippen LogP contribution in [0.1, 0.15) is 48.5 Å². The minimum absolute atomic E-state index is 0. The first-order valence-corrected chi connectivity index (χ1v) is 14.0. The molecule has 0 fully saturated rings. The SMILES string of the molecule is [2H]C([2H])([2H])c1c[c-]c(-c2ccc(C([2H])([2H])[2H])cn2)cc1.[2H]C([2H])([2H])c1ccc2nccc(-c3cc(-c4[c-]ccc5c4oc4nc(C([2H])([2H])[2H])ccc45)ncc3C([2H])([2H])[2H])c2c1.[Ir]. The van der Waals surface area contributed by atoms with Gasteiger partial charge < -0.3 is 14.4 Å². The predicted octanol–water partition coefficient (Wildman–Crippen LogP) is 10.1. The molecule has 0 unspecified atom stereocenters. The van der Waals surface area contributed by atoms with Crippen molar-refractivity contribution in [2.24, 2.45) is 0 Å². The number of pyridine rings is 4. The van der Waals surface area contributed by atoms with Gasteiger partial charge in [-0.15, -0.1) is 53.6 Å². The van der Waals surface area contributed by atoms with Crippen LogP contribution in [0.25, 0.3) is 66.6 Å². The first-order chi connectivity index (χ1) is 28.4. The molecule has 0 aliphatic rings. The number of fused-ring (bicyclic) bond motifs is 4. The molecule has 5 aromatic heterocycles. The molecule has 0 saturated carbocycles. The molecular formula is C41H32IrN4O-2. The van der Waals surface area contributed by atoms with Crippen LogP contribution in [0.4, 0.5) is 0 Å². The Morgan fingerprint density at radius 2 is 1.53 bits per heavy atom. The van der Waals surface area contributed by atoms with Crippen LogP contribution < -0.4 is 0 Å². The fraction of sp³-hybridized carbons (Fsp3) is 0.122. The van der Waals surface area contributed by atoms with Gasteiger partial charge in [0, 0.05) is 75.7 Å². The fourth-order valence-corrected chi connectivity index (χ4v) is 5.15.